The third kappa shape index (κ3) is 4.29. The van der Waals surface area contributed by atoms with Gasteiger partial charge >= 0.3 is 5.97 Å². The molecule has 2 N–H and O–H groups in total. The maximum Gasteiger partial charge on any atom is 0.328 e. The number of rotatable bonds is 6. The van der Waals surface area contributed by atoms with Crippen LogP contribution in [0.4, 0.5) is 0 Å². The van der Waals surface area contributed by atoms with E-state index in [-0.39, 0.29) is 5.91 Å². The van der Waals surface area contributed by atoms with E-state index in [0.29, 0.717) is 12.5 Å². The molecule has 1 unspecified atom stereocenters. The first-order chi connectivity index (χ1) is 8.33. The molecule has 1 aliphatic rings. The van der Waals surface area contributed by atoms with E-state index in [1.807, 2.05) is 0 Å². The van der Waals surface area contributed by atoms with Crippen molar-refractivity contribution >= 4 is 11.9 Å². The van der Waals surface area contributed by atoms with Gasteiger partial charge in [-0.25, -0.2) is 4.79 Å². The molecule has 0 aliphatic carbocycles. The minimum Gasteiger partial charge on any atom is -0.480 e. The van der Waals surface area contributed by atoms with Gasteiger partial charge < -0.3 is 15.3 Å². The zero-order valence-corrected chi connectivity index (χ0v) is 11.5. The fourth-order valence-corrected chi connectivity index (χ4v) is 2.17. The van der Waals surface area contributed by atoms with Crippen LogP contribution >= 0.6 is 0 Å². The Labute approximate surface area is 109 Å². The van der Waals surface area contributed by atoms with E-state index >= 15 is 0 Å². The van der Waals surface area contributed by atoms with Crippen molar-refractivity contribution in [2.45, 2.75) is 58.0 Å². The topological polar surface area (TPSA) is 69.6 Å². The smallest absolute Gasteiger partial charge is 0.328 e. The molecule has 0 radical (unpaired) electrons. The third-order valence-electron chi connectivity index (χ3n) is 3.54. The summed E-state index contributed by atoms with van der Waals surface area (Å²) < 4.78 is 0. The lowest BCUT2D eigenvalue weighted by Crippen LogP contribution is -2.49. The maximum atomic E-state index is 11.7. The molecule has 1 saturated heterocycles. The Bertz CT molecular complexity index is 309. The lowest BCUT2D eigenvalue weighted by Gasteiger charge is -2.25. The van der Waals surface area contributed by atoms with Crippen molar-refractivity contribution in [3.8, 4) is 0 Å². The Hall–Kier alpha value is -1.10. The SMILES string of the molecule is CC(CCC(=O)NC(C)(C)C(=O)O)N1CCCC1. The van der Waals surface area contributed by atoms with Crippen LogP contribution in [0.1, 0.15) is 46.5 Å². The maximum absolute atomic E-state index is 11.7. The highest BCUT2D eigenvalue weighted by Crippen LogP contribution is 2.15. The molecule has 104 valence electrons. The summed E-state index contributed by atoms with van der Waals surface area (Å²) in [6, 6.07) is 0.395. The van der Waals surface area contributed by atoms with Crippen molar-refractivity contribution in [3.63, 3.8) is 0 Å². The van der Waals surface area contributed by atoms with Gasteiger partial charge in [-0.2, -0.15) is 0 Å². The summed E-state index contributed by atoms with van der Waals surface area (Å²) in [4.78, 5) is 25.0. The van der Waals surface area contributed by atoms with Gasteiger partial charge in [-0.15, -0.1) is 0 Å². The second-order valence-corrected chi connectivity index (χ2v) is 5.61. The summed E-state index contributed by atoms with van der Waals surface area (Å²) in [5, 5.41) is 11.5. The minimum atomic E-state index is -1.19. The molecule has 1 heterocycles. The number of nitrogens with zero attached hydrogens (tertiary/aromatic N) is 1. The standard InChI is InChI=1S/C13H24N2O3/c1-10(15-8-4-5-9-15)6-7-11(16)14-13(2,3)12(17)18/h10H,4-9H2,1-3H3,(H,14,16)(H,17,18). The highest BCUT2D eigenvalue weighted by atomic mass is 16.4. The summed E-state index contributed by atoms with van der Waals surface area (Å²) in [5.74, 6) is -1.20. The van der Waals surface area contributed by atoms with Gasteiger partial charge in [0.25, 0.3) is 0 Å². The molecule has 1 amide bonds. The predicted molar refractivity (Wildman–Crippen MR) is 69.4 cm³/mol. The molecule has 0 saturated carbocycles. The second kappa shape index (κ2) is 6.18. The monoisotopic (exact) mass is 256 g/mol. The van der Waals surface area contributed by atoms with E-state index in [4.69, 9.17) is 5.11 Å². The van der Waals surface area contributed by atoms with Gasteiger partial charge in [0.05, 0.1) is 0 Å². The van der Waals surface area contributed by atoms with Crippen LogP contribution in [0.15, 0.2) is 0 Å². The molecule has 0 aromatic rings. The van der Waals surface area contributed by atoms with Crippen LogP contribution in [0.5, 0.6) is 0 Å². The van der Waals surface area contributed by atoms with E-state index < -0.39 is 11.5 Å². The van der Waals surface area contributed by atoms with Gasteiger partial charge in [-0.1, -0.05) is 0 Å². The number of carboxylic acids is 1. The Morgan fingerprint density at radius 3 is 2.39 bits per heavy atom. The number of nitrogens with one attached hydrogen (secondary N) is 1. The molecule has 1 aliphatic heterocycles. The minimum absolute atomic E-state index is 0.187. The van der Waals surface area contributed by atoms with Gasteiger partial charge in [0, 0.05) is 12.5 Å². The normalized spacial score (nSPS) is 18.6. The zero-order valence-electron chi connectivity index (χ0n) is 11.5. The molecule has 5 nitrogen and oxygen atoms in total. The summed E-state index contributed by atoms with van der Waals surface area (Å²) in [7, 11) is 0. The largest absolute Gasteiger partial charge is 0.480 e. The Kier molecular flexibility index (Phi) is 5.14. The number of carbonyl (C=O) groups excluding carboxylic acids is 1. The molecule has 5 heteroatoms. The van der Waals surface area contributed by atoms with E-state index in [1.165, 1.54) is 26.7 Å². The predicted octanol–water partition coefficient (Wildman–Crippen LogP) is 1.23. The fourth-order valence-electron chi connectivity index (χ4n) is 2.17. The van der Waals surface area contributed by atoms with Gasteiger partial charge in [0.15, 0.2) is 0 Å². The molecule has 1 atom stereocenters. The van der Waals surface area contributed by atoms with Crippen molar-refractivity contribution in [1.82, 2.24) is 10.2 Å². The highest BCUT2D eigenvalue weighted by molar-refractivity contribution is 5.86. The number of carboxylic acid groups (broad SMARTS) is 1. The van der Waals surface area contributed by atoms with Crippen molar-refractivity contribution in [1.29, 1.82) is 0 Å². The Balaban J connectivity index is 2.30. The van der Waals surface area contributed by atoms with Gasteiger partial charge in [-0.3, -0.25) is 4.79 Å². The highest BCUT2D eigenvalue weighted by Gasteiger charge is 2.29. The van der Waals surface area contributed by atoms with Crippen LogP contribution in [0.2, 0.25) is 0 Å². The van der Waals surface area contributed by atoms with Crippen LogP contribution in [-0.2, 0) is 9.59 Å². The number of likely N-dealkylation sites (tertiary alicyclic amines) is 1. The molecule has 1 fully saturated rings. The number of aliphatic carboxylic acids is 1. The fraction of sp³-hybridized carbons (Fsp3) is 0.846. The van der Waals surface area contributed by atoms with Gasteiger partial charge in [0.2, 0.25) is 5.91 Å². The van der Waals surface area contributed by atoms with E-state index in [1.54, 1.807) is 0 Å². The van der Waals surface area contributed by atoms with E-state index in [9.17, 15) is 9.59 Å². The Morgan fingerprint density at radius 2 is 1.89 bits per heavy atom. The number of hydrogen-bond donors (Lipinski definition) is 2. The molecule has 0 spiro atoms. The first kappa shape index (κ1) is 15.0. The average molecular weight is 256 g/mol. The zero-order chi connectivity index (χ0) is 13.8. The van der Waals surface area contributed by atoms with Crippen LogP contribution in [-0.4, -0.2) is 46.6 Å². The molecule has 18 heavy (non-hydrogen) atoms. The third-order valence-corrected chi connectivity index (χ3v) is 3.54. The average Bonchev–Trinajstić information content (AvgIpc) is 2.78. The van der Waals surface area contributed by atoms with Crippen molar-refractivity contribution in [2.75, 3.05) is 13.1 Å². The van der Waals surface area contributed by atoms with Crippen molar-refractivity contribution in [3.05, 3.63) is 0 Å². The first-order valence-electron chi connectivity index (χ1n) is 6.61. The van der Waals surface area contributed by atoms with Crippen LogP contribution in [0.3, 0.4) is 0 Å². The molecular weight excluding hydrogens is 232 g/mol. The summed E-state index contributed by atoms with van der Waals surface area (Å²) in [6.07, 6.45) is 3.64. The number of amides is 1. The van der Waals surface area contributed by atoms with Crippen LogP contribution in [0, 0.1) is 0 Å². The number of carbonyl (C=O) groups is 2. The number of hydrogen-bond acceptors (Lipinski definition) is 3. The second-order valence-electron chi connectivity index (χ2n) is 5.61. The lowest BCUT2D eigenvalue weighted by atomic mass is 10.1. The van der Waals surface area contributed by atoms with Crippen LogP contribution in [0.25, 0.3) is 0 Å². The summed E-state index contributed by atoms with van der Waals surface area (Å²) in [5.41, 5.74) is -1.19. The summed E-state index contributed by atoms with van der Waals surface area (Å²) >= 11 is 0. The van der Waals surface area contributed by atoms with Crippen LogP contribution < -0.4 is 5.32 Å². The lowest BCUT2D eigenvalue weighted by molar-refractivity contribution is -0.146. The Morgan fingerprint density at radius 1 is 1.33 bits per heavy atom. The first-order valence-corrected chi connectivity index (χ1v) is 6.61. The van der Waals surface area contributed by atoms with Gasteiger partial charge in [0.1, 0.15) is 5.54 Å². The van der Waals surface area contributed by atoms with E-state index in [2.05, 4.69) is 17.1 Å². The molecule has 0 bridgehead atoms. The molecule has 1 rings (SSSR count). The van der Waals surface area contributed by atoms with Crippen molar-refractivity contribution < 1.29 is 14.7 Å². The quantitative estimate of drug-likeness (QED) is 0.750. The van der Waals surface area contributed by atoms with Crippen molar-refractivity contribution in [2.24, 2.45) is 0 Å². The summed E-state index contributed by atoms with van der Waals surface area (Å²) in [6.45, 7) is 7.35. The molecule has 0 aromatic carbocycles. The molecule has 0 aromatic heterocycles. The van der Waals surface area contributed by atoms with E-state index in [0.717, 1.165) is 19.5 Å². The van der Waals surface area contributed by atoms with Gasteiger partial charge in [-0.05, 0) is 53.1 Å². The molecular formula is C13H24N2O3.